The van der Waals surface area contributed by atoms with Gasteiger partial charge in [0.15, 0.2) is 0 Å². The number of esters is 1. The summed E-state index contributed by atoms with van der Waals surface area (Å²) in [4.78, 5) is 26.1. The van der Waals surface area contributed by atoms with Gasteiger partial charge in [-0.25, -0.2) is 9.59 Å². The molecular formula is C14H20N2O5. The second kappa shape index (κ2) is 5.22. The summed E-state index contributed by atoms with van der Waals surface area (Å²) in [7, 11) is 0. The molecule has 0 saturated carbocycles. The number of likely N-dealkylation sites (tertiary alicyclic amines) is 1. The first-order valence-electron chi connectivity index (χ1n) is 7.24. The molecule has 3 aliphatic heterocycles. The fourth-order valence-electron chi connectivity index (χ4n) is 3.28. The number of nitrogens with zero attached hydrogens (tertiary/aromatic N) is 2. The van der Waals surface area contributed by atoms with Crippen molar-refractivity contribution in [2.75, 3.05) is 39.4 Å². The number of morpholine rings is 1. The molecule has 1 spiro atoms. The van der Waals surface area contributed by atoms with Gasteiger partial charge in [-0.3, -0.25) is 0 Å². The maximum Gasteiger partial charge on any atom is 0.407 e. The van der Waals surface area contributed by atoms with E-state index < -0.39 is 6.09 Å². The molecule has 0 atom stereocenters. The van der Waals surface area contributed by atoms with Crippen molar-refractivity contribution in [2.24, 2.45) is 0 Å². The third-order valence-corrected chi connectivity index (χ3v) is 4.65. The minimum atomic E-state index is -0.870. The standard InChI is InChI=1S/C14H20N2O5/c1-10-11(8-20-12(10)17)16-6-7-21-14(9-16)2-4-15(5-3-14)13(18)19/h2-9H2,1H3,(H,18,19). The molecule has 0 aliphatic carbocycles. The SMILES string of the molecule is CC1=C(N2CCOC3(CCN(C(=O)O)CC3)C2)COC1=O. The fourth-order valence-corrected chi connectivity index (χ4v) is 3.28. The summed E-state index contributed by atoms with van der Waals surface area (Å²) in [5, 5.41) is 9.03. The van der Waals surface area contributed by atoms with Crippen LogP contribution in [0.3, 0.4) is 0 Å². The predicted molar refractivity (Wildman–Crippen MR) is 72.7 cm³/mol. The van der Waals surface area contributed by atoms with Crippen LogP contribution in [-0.2, 0) is 14.3 Å². The van der Waals surface area contributed by atoms with Crippen LogP contribution in [-0.4, -0.2) is 72.0 Å². The van der Waals surface area contributed by atoms with Gasteiger partial charge in [-0.1, -0.05) is 0 Å². The van der Waals surface area contributed by atoms with E-state index in [9.17, 15) is 9.59 Å². The van der Waals surface area contributed by atoms with E-state index in [-0.39, 0.29) is 11.6 Å². The molecule has 7 nitrogen and oxygen atoms in total. The van der Waals surface area contributed by atoms with E-state index in [0.717, 1.165) is 12.2 Å². The largest absolute Gasteiger partial charge is 0.465 e. The Balaban J connectivity index is 1.69. The quantitative estimate of drug-likeness (QED) is 0.716. The van der Waals surface area contributed by atoms with E-state index in [4.69, 9.17) is 14.6 Å². The van der Waals surface area contributed by atoms with Crippen LogP contribution < -0.4 is 0 Å². The highest BCUT2D eigenvalue weighted by atomic mass is 16.5. The molecule has 3 aliphatic rings. The molecule has 0 aromatic heterocycles. The number of carboxylic acid groups (broad SMARTS) is 1. The zero-order chi connectivity index (χ0) is 15.0. The molecule has 0 radical (unpaired) electrons. The van der Waals surface area contributed by atoms with Gasteiger partial charge in [0.2, 0.25) is 0 Å². The second-order valence-electron chi connectivity index (χ2n) is 5.87. The lowest BCUT2D eigenvalue weighted by molar-refractivity contribution is -0.136. The Labute approximate surface area is 123 Å². The lowest BCUT2D eigenvalue weighted by Crippen LogP contribution is -2.57. The summed E-state index contributed by atoms with van der Waals surface area (Å²) in [5.74, 6) is -0.244. The number of cyclic esters (lactones) is 1. The van der Waals surface area contributed by atoms with Gasteiger partial charge in [0.1, 0.15) is 6.61 Å². The van der Waals surface area contributed by atoms with Gasteiger partial charge < -0.3 is 24.4 Å². The third kappa shape index (κ3) is 2.57. The van der Waals surface area contributed by atoms with Gasteiger partial charge in [-0.15, -0.1) is 0 Å². The summed E-state index contributed by atoms with van der Waals surface area (Å²) in [6, 6.07) is 0. The number of hydrogen-bond donors (Lipinski definition) is 1. The smallest absolute Gasteiger partial charge is 0.407 e. The molecule has 3 rings (SSSR count). The van der Waals surface area contributed by atoms with Gasteiger partial charge in [0, 0.05) is 26.2 Å². The number of piperidine rings is 1. The van der Waals surface area contributed by atoms with Gasteiger partial charge in [-0.05, 0) is 19.8 Å². The molecule has 0 aromatic carbocycles. The summed E-state index contributed by atoms with van der Waals surface area (Å²) >= 11 is 0. The van der Waals surface area contributed by atoms with Crippen molar-refractivity contribution < 1.29 is 24.2 Å². The molecule has 0 unspecified atom stereocenters. The Morgan fingerprint density at radius 2 is 2.00 bits per heavy atom. The first-order valence-corrected chi connectivity index (χ1v) is 7.24. The molecule has 116 valence electrons. The average Bonchev–Trinajstić information content (AvgIpc) is 2.80. The normalized spacial score (nSPS) is 25.5. The lowest BCUT2D eigenvalue weighted by Gasteiger charge is -2.47. The first kappa shape index (κ1) is 14.2. The van der Waals surface area contributed by atoms with Gasteiger partial charge in [0.05, 0.1) is 23.5 Å². The third-order valence-electron chi connectivity index (χ3n) is 4.65. The van der Waals surface area contributed by atoms with E-state index in [2.05, 4.69) is 4.90 Å². The zero-order valence-corrected chi connectivity index (χ0v) is 12.1. The van der Waals surface area contributed by atoms with Crippen molar-refractivity contribution in [1.29, 1.82) is 0 Å². The minimum absolute atomic E-state index is 0.244. The molecular weight excluding hydrogens is 276 g/mol. The van der Waals surface area contributed by atoms with Gasteiger partial charge in [0.25, 0.3) is 0 Å². The van der Waals surface area contributed by atoms with Crippen LogP contribution in [0.1, 0.15) is 19.8 Å². The molecule has 0 aromatic rings. The summed E-state index contributed by atoms with van der Waals surface area (Å²) in [5.41, 5.74) is 1.32. The minimum Gasteiger partial charge on any atom is -0.465 e. The van der Waals surface area contributed by atoms with Crippen molar-refractivity contribution >= 4 is 12.1 Å². The Morgan fingerprint density at radius 3 is 2.57 bits per heavy atom. The highest BCUT2D eigenvalue weighted by molar-refractivity contribution is 5.90. The molecule has 1 N–H and O–H groups in total. The number of carbonyl (C=O) groups excluding carboxylic acids is 1. The Kier molecular flexibility index (Phi) is 3.52. The molecule has 7 heteroatoms. The Bertz CT molecular complexity index is 494. The van der Waals surface area contributed by atoms with E-state index in [1.165, 1.54) is 4.90 Å². The van der Waals surface area contributed by atoms with Crippen LogP contribution >= 0.6 is 0 Å². The molecule has 2 saturated heterocycles. The topological polar surface area (TPSA) is 79.3 Å². The van der Waals surface area contributed by atoms with Crippen LogP contribution in [0.5, 0.6) is 0 Å². The predicted octanol–water partition coefficient (Wildman–Crippen LogP) is 0.662. The van der Waals surface area contributed by atoms with Crippen LogP contribution in [0, 0.1) is 0 Å². The highest BCUT2D eigenvalue weighted by Crippen LogP contribution is 2.33. The van der Waals surface area contributed by atoms with Crippen LogP contribution in [0.2, 0.25) is 0 Å². The highest BCUT2D eigenvalue weighted by Gasteiger charge is 2.42. The molecule has 3 heterocycles. The van der Waals surface area contributed by atoms with E-state index in [1.54, 1.807) is 6.92 Å². The second-order valence-corrected chi connectivity index (χ2v) is 5.87. The molecule has 2 fully saturated rings. The number of hydrogen-bond acceptors (Lipinski definition) is 5. The maximum absolute atomic E-state index is 11.5. The Morgan fingerprint density at radius 1 is 1.29 bits per heavy atom. The van der Waals surface area contributed by atoms with Gasteiger partial charge >= 0.3 is 12.1 Å². The summed E-state index contributed by atoms with van der Waals surface area (Å²) in [6.07, 6.45) is 0.513. The molecule has 0 bridgehead atoms. The van der Waals surface area contributed by atoms with Crippen molar-refractivity contribution in [2.45, 2.75) is 25.4 Å². The van der Waals surface area contributed by atoms with Crippen molar-refractivity contribution in [3.8, 4) is 0 Å². The maximum atomic E-state index is 11.5. The van der Waals surface area contributed by atoms with Crippen molar-refractivity contribution in [3.63, 3.8) is 0 Å². The van der Waals surface area contributed by atoms with Crippen LogP contribution in [0.4, 0.5) is 4.79 Å². The van der Waals surface area contributed by atoms with Crippen LogP contribution in [0.15, 0.2) is 11.3 Å². The molecule has 21 heavy (non-hydrogen) atoms. The Hall–Kier alpha value is -1.76. The van der Waals surface area contributed by atoms with E-state index in [0.29, 0.717) is 51.3 Å². The van der Waals surface area contributed by atoms with Crippen molar-refractivity contribution in [3.05, 3.63) is 11.3 Å². The summed E-state index contributed by atoms with van der Waals surface area (Å²) < 4.78 is 11.1. The van der Waals surface area contributed by atoms with E-state index in [1.807, 2.05) is 0 Å². The van der Waals surface area contributed by atoms with E-state index >= 15 is 0 Å². The average molecular weight is 296 g/mol. The number of carbonyl (C=O) groups is 2. The zero-order valence-electron chi connectivity index (χ0n) is 12.1. The monoisotopic (exact) mass is 296 g/mol. The number of ether oxygens (including phenoxy) is 2. The summed E-state index contributed by atoms with van der Waals surface area (Å²) in [6.45, 7) is 5.16. The fraction of sp³-hybridized carbons (Fsp3) is 0.714. The number of rotatable bonds is 1. The van der Waals surface area contributed by atoms with Crippen LogP contribution in [0.25, 0.3) is 0 Å². The first-order chi connectivity index (χ1) is 10.0. The molecule has 1 amide bonds. The van der Waals surface area contributed by atoms with Gasteiger partial charge in [-0.2, -0.15) is 0 Å². The number of amides is 1. The van der Waals surface area contributed by atoms with Crippen molar-refractivity contribution in [1.82, 2.24) is 9.80 Å². The lowest BCUT2D eigenvalue weighted by atomic mass is 9.89.